The first-order valence-corrected chi connectivity index (χ1v) is 5.82. The molecule has 0 atom stereocenters. The highest BCUT2D eigenvalue weighted by molar-refractivity contribution is 6.33. The van der Waals surface area contributed by atoms with E-state index in [1.807, 2.05) is 0 Å². The third-order valence-corrected chi connectivity index (χ3v) is 2.79. The standard InChI is InChI=1S/C14H11ClFNO/c15-11-6-2-4-8-13(11)17-14(18)9-10-5-1-3-7-12(10)16/h1-8H,9H2,(H,17,18). The maximum absolute atomic E-state index is 13.4. The van der Waals surface area contributed by atoms with Gasteiger partial charge in [0.2, 0.25) is 5.91 Å². The number of nitrogens with one attached hydrogen (secondary N) is 1. The molecule has 2 aromatic rings. The first-order chi connectivity index (χ1) is 8.66. The van der Waals surface area contributed by atoms with E-state index in [4.69, 9.17) is 11.6 Å². The Labute approximate surface area is 109 Å². The molecule has 18 heavy (non-hydrogen) atoms. The third kappa shape index (κ3) is 3.08. The molecule has 1 amide bonds. The summed E-state index contributed by atoms with van der Waals surface area (Å²) in [5.74, 6) is -0.681. The van der Waals surface area contributed by atoms with Crippen LogP contribution in [0.4, 0.5) is 10.1 Å². The summed E-state index contributed by atoms with van der Waals surface area (Å²) in [5, 5.41) is 3.11. The van der Waals surface area contributed by atoms with Crippen LogP contribution in [-0.2, 0) is 11.2 Å². The van der Waals surface area contributed by atoms with Crippen molar-refractivity contribution in [1.82, 2.24) is 0 Å². The van der Waals surface area contributed by atoms with Crippen molar-refractivity contribution in [1.29, 1.82) is 0 Å². The molecule has 0 unspecified atom stereocenters. The van der Waals surface area contributed by atoms with Gasteiger partial charge in [-0.15, -0.1) is 0 Å². The summed E-state index contributed by atoms with van der Waals surface area (Å²) in [7, 11) is 0. The van der Waals surface area contributed by atoms with Crippen LogP contribution < -0.4 is 5.32 Å². The predicted molar refractivity (Wildman–Crippen MR) is 70.2 cm³/mol. The summed E-state index contributed by atoms with van der Waals surface area (Å²) in [5.41, 5.74) is 0.891. The second-order valence-electron chi connectivity index (χ2n) is 3.80. The number of anilines is 1. The highest BCUT2D eigenvalue weighted by Gasteiger charge is 2.09. The minimum atomic E-state index is -0.383. The molecule has 0 radical (unpaired) electrons. The maximum Gasteiger partial charge on any atom is 0.228 e. The second kappa shape index (κ2) is 5.65. The minimum Gasteiger partial charge on any atom is -0.324 e. The number of amides is 1. The van der Waals surface area contributed by atoms with Gasteiger partial charge in [-0.25, -0.2) is 4.39 Å². The van der Waals surface area contributed by atoms with E-state index < -0.39 is 0 Å². The molecule has 1 N–H and O–H groups in total. The minimum absolute atomic E-state index is 0.0160. The zero-order valence-corrected chi connectivity index (χ0v) is 10.2. The number of halogens is 2. The molecular weight excluding hydrogens is 253 g/mol. The van der Waals surface area contributed by atoms with Crippen molar-refractivity contribution >= 4 is 23.2 Å². The Balaban J connectivity index is 2.06. The first-order valence-electron chi connectivity index (χ1n) is 5.44. The van der Waals surface area contributed by atoms with Gasteiger partial charge < -0.3 is 5.32 Å². The van der Waals surface area contributed by atoms with Crippen LogP contribution in [0.25, 0.3) is 0 Å². The lowest BCUT2D eigenvalue weighted by atomic mass is 10.1. The number of carbonyl (C=O) groups is 1. The van der Waals surface area contributed by atoms with Gasteiger partial charge in [0.25, 0.3) is 0 Å². The number of rotatable bonds is 3. The fourth-order valence-corrected chi connectivity index (χ4v) is 1.75. The summed E-state index contributed by atoms with van der Waals surface area (Å²) in [6.07, 6.45) is -0.0160. The molecule has 0 aromatic heterocycles. The number of hydrogen-bond donors (Lipinski definition) is 1. The van der Waals surface area contributed by atoms with Crippen molar-refractivity contribution in [3.05, 3.63) is 64.9 Å². The summed E-state index contributed by atoms with van der Waals surface area (Å²) in [6, 6.07) is 13.1. The number of para-hydroxylation sites is 1. The van der Waals surface area contributed by atoms with E-state index >= 15 is 0 Å². The van der Waals surface area contributed by atoms with Gasteiger partial charge in [-0.2, -0.15) is 0 Å². The summed E-state index contributed by atoms with van der Waals surface area (Å²) in [6.45, 7) is 0. The number of hydrogen-bond acceptors (Lipinski definition) is 1. The monoisotopic (exact) mass is 263 g/mol. The molecule has 0 fully saturated rings. The van der Waals surface area contributed by atoms with Crippen LogP contribution in [0.1, 0.15) is 5.56 Å². The Morgan fingerprint density at radius 1 is 1.11 bits per heavy atom. The summed E-state index contributed by atoms with van der Waals surface area (Å²) in [4.78, 5) is 11.7. The van der Waals surface area contributed by atoms with Gasteiger partial charge >= 0.3 is 0 Å². The van der Waals surface area contributed by atoms with Crippen LogP contribution >= 0.6 is 11.6 Å². The molecule has 0 heterocycles. The molecule has 0 aliphatic heterocycles. The van der Waals surface area contributed by atoms with Crippen LogP contribution in [0.15, 0.2) is 48.5 Å². The largest absolute Gasteiger partial charge is 0.324 e. The zero-order valence-electron chi connectivity index (χ0n) is 9.49. The Morgan fingerprint density at radius 2 is 1.78 bits per heavy atom. The molecule has 2 aromatic carbocycles. The quantitative estimate of drug-likeness (QED) is 0.900. The molecule has 0 aliphatic rings. The van der Waals surface area contributed by atoms with Gasteiger partial charge in [0.05, 0.1) is 17.1 Å². The third-order valence-electron chi connectivity index (χ3n) is 2.46. The molecule has 0 saturated heterocycles. The number of benzene rings is 2. The molecule has 2 rings (SSSR count). The van der Waals surface area contributed by atoms with Crippen molar-refractivity contribution in [2.75, 3.05) is 5.32 Å². The normalized spacial score (nSPS) is 10.1. The fraction of sp³-hybridized carbons (Fsp3) is 0.0714. The van der Waals surface area contributed by atoms with Crippen molar-refractivity contribution in [3.8, 4) is 0 Å². The van der Waals surface area contributed by atoms with E-state index in [1.165, 1.54) is 6.07 Å². The molecule has 0 bridgehead atoms. The average molecular weight is 264 g/mol. The van der Waals surface area contributed by atoms with Gasteiger partial charge in [-0.05, 0) is 23.8 Å². The SMILES string of the molecule is O=C(Cc1ccccc1F)Nc1ccccc1Cl. The van der Waals surface area contributed by atoms with Crippen molar-refractivity contribution in [2.24, 2.45) is 0 Å². The van der Waals surface area contributed by atoms with Crippen LogP contribution in [0, 0.1) is 5.82 Å². The molecule has 0 saturated carbocycles. The summed E-state index contributed by atoms with van der Waals surface area (Å²) >= 11 is 5.91. The Morgan fingerprint density at radius 3 is 2.50 bits per heavy atom. The lowest BCUT2D eigenvalue weighted by Gasteiger charge is -2.07. The van der Waals surface area contributed by atoms with Crippen molar-refractivity contribution in [3.63, 3.8) is 0 Å². The zero-order chi connectivity index (χ0) is 13.0. The van der Waals surface area contributed by atoms with Crippen LogP contribution in [-0.4, -0.2) is 5.91 Å². The molecule has 4 heteroatoms. The van der Waals surface area contributed by atoms with E-state index in [9.17, 15) is 9.18 Å². The van der Waals surface area contributed by atoms with Crippen molar-refractivity contribution < 1.29 is 9.18 Å². The van der Waals surface area contributed by atoms with Gasteiger partial charge in [-0.3, -0.25) is 4.79 Å². The molecule has 0 aliphatic carbocycles. The van der Waals surface area contributed by atoms with Gasteiger partial charge in [0.15, 0.2) is 0 Å². The lowest BCUT2D eigenvalue weighted by Crippen LogP contribution is -2.15. The molecule has 92 valence electrons. The molecule has 2 nitrogen and oxygen atoms in total. The Hall–Kier alpha value is -1.87. The Bertz CT molecular complexity index is 522. The van der Waals surface area contributed by atoms with Crippen LogP contribution in [0.5, 0.6) is 0 Å². The van der Waals surface area contributed by atoms with E-state index in [0.717, 1.165) is 0 Å². The highest BCUT2D eigenvalue weighted by atomic mass is 35.5. The number of carbonyl (C=O) groups excluding carboxylic acids is 1. The van der Waals surface area contributed by atoms with Gasteiger partial charge in [0, 0.05) is 0 Å². The molecular formula is C14H11ClFNO. The smallest absolute Gasteiger partial charge is 0.228 e. The predicted octanol–water partition coefficient (Wildman–Crippen LogP) is 3.66. The second-order valence-corrected chi connectivity index (χ2v) is 4.20. The van der Waals surface area contributed by atoms with Crippen molar-refractivity contribution in [2.45, 2.75) is 6.42 Å². The van der Waals surface area contributed by atoms with E-state index in [1.54, 1.807) is 42.5 Å². The maximum atomic E-state index is 13.4. The summed E-state index contributed by atoms with van der Waals surface area (Å²) < 4.78 is 13.4. The van der Waals surface area contributed by atoms with E-state index in [2.05, 4.69) is 5.32 Å². The topological polar surface area (TPSA) is 29.1 Å². The van der Waals surface area contributed by atoms with E-state index in [0.29, 0.717) is 16.3 Å². The molecule has 0 spiro atoms. The van der Waals surface area contributed by atoms with Gasteiger partial charge in [0.1, 0.15) is 5.82 Å². The van der Waals surface area contributed by atoms with Crippen LogP contribution in [0.2, 0.25) is 5.02 Å². The fourth-order valence-electron chi connectivity index (χ4n) is 1.57. The Kier molecular flexibility index (Phi) is 3.95. The van der Waals surface area contributed by atoms with Gasteiger partial charge in [-0.1, -0.05) is 41.9 Å². The van der Waals surface area contributed by atoms with E-state index in [-0.39, 0.29) is 18.1 Å². The average Bonchev–Trinajstić information content (AvgIpc) is 2.35. The first kappa shape index (κ1) is 12.6. The lowest BCUT2D eigenvalue weighted by molar-refractivity contribution is -0.115. The highest BCUT2D eigenvalue weighted by Crippen LogP contribution is 2.20. The van der Waals surface area contributed by atoms with Crippen LogP contribution in [0.3, 0.4) is 0 Å².